The van der Waals surface area contributed by atoms with E-state index in [0.717, 1.165) is 19.5 Å². The van der Waals surface area contributed by atoms with Crippen LogP contribution >= 0.6 is 0 Å². The summed E-state index contributed by atoms with van der Waals surface area (Å²) in [5.74, 6) is 0.161. The van der Waals surface area contributed by atoms with Crippen LogP contribution in [0.15, 0.2) is 0 Å². The molecule has 0 aromatic rings. The van der Waals surface area contributed by atoms with Crippen LogP contribution in [-0.2, 0) is 4.79 Å². The van der Waals surface area contributed by atoms with E-state index >= 15 is 0 Å². The SMILES string of the molecule is CC(C(=O)N(C)C)N1CCC(N)C1. The number of amides is 1. The van der Waals surface area contributed by atoms with Crippen molar-refractivity contribution in [3.05, 3.63) is 0 Å². The molecule has 0 spiro atoms. The van der Waals surface area contributed by atoms with Crippen molar-refractivity contribution in [2.45, 2.75) is 25.4 Å². The standard InChI is InChI=1S/C9H19N3O/c1-7(9(13)11(2)3)12-5-4-8(10)6-12/h7-8H,4-6,10H2,1-3H3. The number of hydrogen-bond donors (Lipinski definition) is 1. The van der Waals surface area contributed by atoms with E-state index in [1.165, 1.54) is 0 Å². The molecule has 0 saturated carbocycles. The summed E-state index contributed by atoms with van der Waals surface area (Å²) in [6.07, 6.45) is 1.01. The third-order valence-electron chi connectivity index (χ3n) is 2.60. The van der Waals surface area contributed by atoms with Crippen molar-refractivity contribution >= 4 is 5.91 Å². The van der Waals surface area contributed by atoms with Gasteiger partial charge >= 0.3 is 0 Å². The molecule has 1 rings (SSSR count). The number of nitrogens with two attached hydrogens (primary N) is 1. The molecule has 4 heteroatoms. The zero-order chi connectivity index (χ0) is 10.0. The van der Waals surface area contributed by atoms with E-state index in [0.29, 0.717) is 0 Å². The van der Waals surface area contributed by atoms with Crippen molar-refractivity contribution in [2.24, 2.45) is 5.73 Å². The van der Waals surface area contributed by atoms with E-state index in [4.69, 9.17) is 5.73 Å². The van der Waals surface area contributed by atoms with Crippen molar-refractivity contribution in [2.75, 3.05) is 27.2 Å². The Morgan fingerprint density at radius 2 is 2.23 bits per heavy atom. The highest BCUT2D eigenvalue weighted by molar-refractivity contribution is 5.80. The van der Waals surface area contributed by atoms with Gasteiger partial charge in [0.05, 0.1) is 6.04 Å². The molecular weight excluding hydrogens is 166 g/mol. The molecule has 1 amide bonds. The molecule has 2 atom stereocenters. The average Bonchev–Trinajstić information content (AvgIpc) is 2.49. The van der Waals surface area contributed by atoms with Gasteiger partial charge in [-0.3, -0.25) is 9.69 Å². The minimum Gasteiger partial charge on any atom is -0.347 e. The van der Waals surface area contributed by atoms with Gasteiger partial charge < -0.3 is 10.6 Å². The maximum Gasteiger partial charge on any atom is 0.239 e. The fraction of sp³-hybridized carbons (Fsp3) is 0.889. The Morgan fingerprint density at radius 3 is 2.62 bits per heavy atom. The minimum absolute atomic E-state index is 0.0245. The first-order chi connectivity index (χ1) is 6.02. The zero-order valence-electron chi connectivity index (χ0n) is 8.66. The second-order valence-corrected chi connectivity index (χ2v) is 3.95. The van der Waals surface area contributed by atoms with Crippen LogP contribution in [0, 0.1) is 0 Å². The van der Waals surface area contributed by atoms with Crippen LogP contribution in [-0.4, -0.2) is 55.0 Å². The third kappa shape index (κ3) is 2.42. The van der Waals surface area contributed by atoms with Gasteiger partial charge in [-0.05, 0) is 13.3 Å². The number of rotatable bonds is 2. The van der Waals surface area contributed by atoms with Gasteiger partial charge in [-0.1, -0.05) is 0 Å². The van der Waals surface area contributed by atoms with Gasteiger partial charge in [-0.25, -0.2) is 0 Å². The van der Waals surface area contributed by atoms with Crippen molar-refractivity contribution in [1.82, 2.24) is 9.80 Å². The molecule has 1 aliphatic rings. The molecule has 1 saturated heterocycles. The van der Waals surface area contributed by atoms with E-state index in [2.05, 4.69) is 4.90 Å². The number of likely N-dealkylation sites (N-methyl/N-ethyl adjacent to an activating group) is 1. The van der Waals surface area contributed by atoms with Crippen molar-refractivity contribution in [3.8, 4) is 0 Å². The predicted octanol–water partition coefficient (Wildman–Crippen LogP) is -0.504. The lowest BCUT2D eigenvalue weighted by molar-refractivity contribution is -0.133. The van der Waals surface area contributed by atoms with Crippen LogP contribution in [0.25, 0.3) is 0 Å². The fourth-order valence-electron chi connectivity index (χ4n) is 1.70. The monoisotopic (exact) mass is 185 g/mol. The zero-order valence-corrected chi connectivity index (χ0v) is 8.66. The summed E-state index contributed by atoms with van der Waals surface area (Å²) in [6, 6.07) is 0.223. The van der Waals surface area contributed by atoms with E-state index in [9.17, 15) is 4.79 Å². The van der Waals surface area contributed by atoms with Gasteiger partial charge in [-0.2, -0.15) is 0 Å². The lowest BCUT2D eigenvalue weighted by Crippen LogP contribution is -2.44. The highest BCUT2D eigenvalue weighted by Gasteiger charge is 2.28. The Kier molecular flexibility index (Phi) is 3.27. The Bertz CT molecular complexity index is 193. The van der Waals surface area contributed by atoms with Gasteiger partial charge in [0.25, 0.3) is 0 Å². The van der Waals surface area contributed by atoms with Crippen molar-refractivity contribution in [1.29, 1.82) is 0 Å². The minimum atomic E-state index is -0.0245. The topological polar surface area (TPSA) is 49.6 Å². The highest BCUT2D eigenvalue weighted by Crippen LogP contribution is 2.11. The molecule has 1 fully saturated rings. The molecule has 4 nitrogen and oxygen atoms in total. The van der Waals surface area contributed by atoms with E-state index in [1.54, 1.807) is 19.0 Å². The molecule has 2 unspecified atom stereocenters. The molecule has 0 aliphatic carbocycles. The van der Waals surface area contributed by atoms with Crippen LogP contribution in [0.1, 0.15) is 13.3 Å². The van der Waals surface area contributed by atoms with Gasteiger partial charge in [0.2, 0.25) is 5.91 Å². The number of carbonyl (C=O) groups excluding carboxylic acids is 1. The second kappa shape index (κ2) is 4.07. The van der Waals surface area contributed by atoms with E-state index in [-0.39, 0.29) is 18.0 Å². The Balaban J connectivity index is 2.48. The Labute approximate surface area is 79.7 Å². The predicted molar refractivity (Wildman–Crippen MR) is 52.3 cm³/mol. The molecule has 1 aliphatic heterocycles. The summed E-state index contributed by atoms with van der Waals surface area (Å²) < 4.78 is 0. The summed E-state index contributed by atoms with van der Waals surface area (Å²) in [7, 11) is 3.57. The molecular formula is C9H19N3O. The smallest absolute Gasteiger partial charge is 0.239 e. The maximum atomic E-state index is 11.6. The number of hydrogen-bond acceptors (Lipinski definition) is 3. The van der Waals surface area contributed by atoms with E-state index in [1.807, 2.05) is 6.92 Å². The second-order valence-electron chi connectivity index (χ2n) is 3.95. The van der Waals surface area contributed by atoms with Crippen LogP contribution in [0.5, 0.6) is 0 Å². The van der Waals surface area contributed by atoms with E-state index < -0.39 is 0 Å². The normalized spacial score (nSPS) is 26.0. The molecule has 2 N–H and O–H groups in total. The number of carbonyl (C=O) groups is 1. The van der Waals surface area contributed by atoms with Crippen LogP contribution in [0.3, 0.4) is 0 Å². The molecule has 0 aromatic carbocycles. The molecule has 13 heavy (non-hydrogen) atoms. The van der Waals surface area contributed by atoms with Crippen LogP contribution in [0.2, 0.25) is 0 Å². The number of nitrogens with zero attached hydrogens (tertiary/aromatic N) is 2. The lowest BCUT2D eigenvalue weighted by atomic mass is 10.2. The summed E-state index contributed by atoms with van der Waals surface area (Å²) in [4.78, 5) is 15.4. The van der Waals surface area contributed by atoms with Gasteiger partial charge in [0, 0.05) is 33.2 Å². The van der Waals surface area contributed by atoms with Gasteiger partial charge in [0.1, 0.15) is 0 Å². The highest BCUT2D eigenvalue weighted by atomic mass is 16.2. The molecule has 0 bridgehead atoms. The number of likely N-dealkylation sites (tertiary alicyclic amines) is 1. The summed E-state index contributed by atoms with van der Waals surface area (Å²) >= 11 is 0. The molecule has 1 heterocycles. The van der Waals surface area contributed by atoms with Crippen LogP contribution < -0.4 is 5.73 Å². The first-order valence-corrected chi connectivity index (χ1v) is 4.73. The first kappa shape index (κ1) is 10.5. The Hall–Kier alpha value is -0.610. The quantitative estimate of drug-likeness (QED) is 0.631. The molecule has 0 aromatic heterocycles. The fourth-order valence-corrected chi connectivity index (χ4v) is 1.70. The summed E-state index contributed by atoms with van der Waals surface area (Å²) in [6.45, 7) is 3.74. The molecule has 76 valence electrons. The first-order valence-electron chi connectivity index (χ1n) is 4.73. The largest absolute Gasteiger partial charge is 0.347 e. The summed E-state index contributed by atoms with van der Waals surface area (Å²) in [5.41, 5.74) is 5.77. The molecule has 0 radical (unpaired) electrons. The Morgan fingerprint density at radius 1 is 1.62 bits per heavy atom. The van der Waals surface area contributed by atoms with Gasteiger partial charge in [-0.15, -0.1) is 0 Å². The van der Waals surface area contributed by atoms with Crippen LogP contribution in [0.4, 0.5) is 0 Å². The van der Waals surface area contributed by atoms with Gasteiger partial charge in [0.15, 0.2) is 0 Å². The lowest BCUT2D eigenvalue weighted by Gasteiger charge is -2.25. The third-order valence-corrected chi connectivity index (χ3v) is 2.60. The van der Waals surface area contributed by atoms with Crippen molar-refractivity contribution in [3.63, 3.8) is 0 Å². The van der Waals surface area contributed by atoms with Crippen molar-refractivity contribution < 1.29 is 4.79 Å². The maximum absolute atomic E-state index is 11.6. The summed E-state index contributed by atoms with van der Waals surface area (Å²) in [5, 5.41) is 0. The average molecular weight is 185 g/mol.